The lowest BCUT2D eigenvalue weighted by molar-refractivity contribution is 0.0883. The van der Waals surface area contributed by atoms with E-state index in [-0.39, 0.29) is 11.9 Å². The topological polar surface area (TPSA) is 92.9 Å². The van der Waals surface area contributed by atoms with Gasteiger partial charge in [-0.05, 0) is 24.7 Å². The van der Waals surface area contributed by atoms with Gasteiger partial charge >= 0.3 is 0 Å². The third kappa shape index (κ3) is 3.45. The number of carbonyl (C=O) groups is 1. The molecule has 0 aliphatic heterocycles. The van der Waals surface area contributed by atoms with Gasteiger partial charge in [0.15, 0.2) is 5.82 Å². The minimum absolute atomic E-state index is 0.174. The van der Waals surface area contributed by atoms with Crippen LogP contribution in [0.2, 0.25) is 0 Å². The maximum absolute atomic E-state index is 12.3. The fraction of sp³-hybridized carbons (Fsp3) is 0.643. The van der Waals surface area contributed by atoms with Crippen molar-refractivity contribution >= 4 is 11.7 Å². The van der Waals surface area contributed by atoms with Crippen molar-refractivity contribution < 1.29 is 4.79 Å². The van der Waals surface area contributed by atoms with E-state index in [1.165, 1.54) is 31.7 Å². The van der Waals surface area contributed by atoms with Crippen molar-refractivity contribution in [1.82, 2.24) is 15.3 Å². The van der Waals surface area contributed by atoms with Crippen LogP contribution in [0.15, 0.2) is 12.4 Å². The minimum Gasteiger partial charge on any atom is -0.348 e. The van der Waals surface area contributed by atoms with Gasteiger partial charge in [0.05, 0.1) is 12.4 Å². The fourth-order valence-corrected chi connectivity index (χ4v) is 2.92. The van der Waals surface area contributed by atoms with Crippen LogP contribution in [0.3, 0.4) is 0 Å². The Morgan fingerprint density at radius 3 is 2.80 bits per heavy atom. The van der Waals surface area contributed by atoms with E-state index in [0.29, 0.717) is 23.3 Å². The van der Waals surface area contributed by atoms with Gasteiger partial charge in [-0.3, -0.25) is 9.78 Å². The van der Waals surface area contributed by atoms with E-state index in [2.05, 4.69) is 34.6 Å². The van der Waals surface area contributed by atoms with Gasteiger partial charge in [0.2, 0.25) is 0 Å². The molecule has 0 aromatic carbocycles. The molecule has 2 unspecified atom stereocenters. The number of hydrazine groups is 1. The molecule has 0 radical (unpaired) electrons. The molecule has 1 heterocycles. The number of nitrogens with two attached hydrogens (primary N) is 1. The summed E-state index contributed by atoms with van der Waals surface area (Å²) in [5, 5.41) is 3.11. The summed E-state index contributed by atoms with van der Waals surface area (Å²) in [5.41, 5.74) is 2.70. The highest BCUT2D eigenvalue weighted by Crippen LogP contribution is 2.30. The Kier molecular flexibility index (Phi) is 4.89. The molecule has 1 aromatic heterocycles. The zero-order valence-electron chi connectivity index (χ0n) is 12.1. The standard InChI is InChI=1S/C14H23N5O/c1-9(2)10-5-3-4-6-11(10)18-14(20)12-7-16-8-13(17-12)19-15/h7-11H,3-6,15H2,1-2H3,(H,17,19)(H,18,20). The van der Waals surface area contributed by atoms with Crippen LogP contribution in [0.1, 0.15) is 50.0 Å². The van der Waals surface area contributed by atoms with Gasteiger partial charge in [-0.15, -0.1) is 0 Å². The summed E-state index contributed by atoms with van der Waals surface area (Å²) in [4.78, 5) is 20.3. The zero-order chi connectivity index (χ0) is 14.5. The second kappa shape index (κ2) is 6.65. The second-order valence-corrected chi connectivity index (χ2v) is 5.71. The molecule has 1 aliphatic rings. The first-order valence-corrected chi connectivity index (χ1v) is 7.21. The van der Waals surface area contributed by atoms with Crippen LogP contribution < -0.4 is 16.6 Å². The lowest BCUT2D eigenvalue weighted by Crippen LogP contribution is -2.44. The summed E-state index contributed by atoms with van der Waals surface area (Å²) in [6.07, 6.45) is 7.58. The highest BCUT2D eigenvalue weighted by atomic mass is 16.2. The number of carbonyl (C=O) groups excluding carboxylic acids is 1. The molecule has 6 nitrogen and oxygen atoms in total. The van der Waals surface area contributed by atoms with Crippen LogP contribution in [0.25, 0.3) is 0 Å². The van der Waals surface area contributed by atoms with Gasteiger partial charge < -0.3 is 10.7 Å². The molecule has 1 aromatic rings. The number of aromatic nitrogens is 2. The van der Waals surface area contributed by atoms with Gasteiger partial charge in [0.1, 0.15) is 5.69 Å². The molecule has 1 aliphatic carbocycles. The molecular formula is C14H23N5O. The number of hydrogen-bond donors (Lipinski definition) is 3. The van der Waals surface area contributed by atoms with Crippen molar-refractivity contribution in [3.63, 3.8) is 0 Å². The minimum atomic E-state index is -0.174. The van der Waals surface area contributed by atoms with Crippen LogP contribution in [-0.2, 0) is 0 Å². The number of rotatable bonds is 4. The molecule has 2 atom stereocenters. The number of amides is 1. The normalized spacial score (nSPS) is 22.6. The molecule has 1 fully saturated rings. The molecular weight excluding hydrogens is 254 g/mol. The molecule has 0 spiro atoms. The molecule has 6 heteroatoms. The first-order chi connectivity index (χ1) is 9.61. The van der Waals surface area contributed by atoms with Crippen molar-refractivity contribution in [2.45, 2.75) is 45.6 Å². The van der Waals surface area contributed by atoms with Gasteiger partial charge in [-0.2, -0.15) is 0 Å². The highest BCUT2D eigenvalue weighted by Gasteiger charge is 2.29. The molecule has 2 rings (SSSR count). The van der Waals surface area contributed by atoms with E-state index < -0.39 is 0 Å². The second-order valence-electron chi connectivity index (χ2n) is 5.71. The van der Waals surface area contributed by atoms with Gasteiger partial charge in [-0.25, -0.2) is 10.8 Å². The van der Waals surface area contributed by atoms with Crippen LogP contribution in [-0.4, -0.2) is 21.9 Å². The SMILES string of the molecule is CC(C)C1CCCCC1NC(=O)c1cncc(NN)n1. The number of nitrogens with zero attached hydrogens (tertiary/aromatic N) is 2. The fourth-order valence-electron chi connectivity index (χ4n) is 2.92. The van der Waals surface area contributed by atoms with Crippen LogP contribution in [0.4, 0.5) is 5.82 Å². The summed E-state index contributed by atoms with van der Waals surface area (Å²) >= 11 is 0. The predicted octanol–water partition coefficient (Wildman–Crippen LogP) is 1.71. The summed E-state index contributed by atoms with van der Waals surface area (Å²) in [5.74, 6) is 6.61. The Hall–Kier alpha value is -1.69. The Morgan fingerprint density at radius 1 is 1.35 bits per heavy atom. The average Bonchev–Trinajstić information content (AvgIpc) is 2.47. The number of hydrogen-bond acceptors (Lipinski definition) is 5. The molecule has 4 N–H and O–H groups in total. The van der Waals surface area contributed by atoms with Gasteiger partial charge in [-0.1, -0.05) is 26.7 Å². The molecule has 0 bridgehead atoms. The Labute approximate surface area is 119 Å². The number of nitrogens with one attached hydrogen (secondary N) is 2. The highest BCUT2D eigenvalue weighted by molar-refractivity contribution is 5.92. The molecule has 0 saturated heterocycles. The first kappa shape index (κ1) is 14.7. The van der Waals surface area contributed by atoms with Crippen LogP contribution in [0, 0.1) is 11.8 Å². The third-order valence-electron chi connectivity index (χ3n) is 4.01. The van der Waals surface area contributed by atoms with Crippen LogP contribution >= 0.6 is 0 Å². The van der Waals surface area contributed by atoms with E-state index in [4.69, 9.17) is 5.84 Å². The van der Waals surface area contributed by atoms with E-state index >= 15 is 0 Å². The van der Waals surface area contributed by atoms with E-state index in [1.807, 2.05) is 0 Å². The molecule has 20 heavy (non-hydrogen) atoms. The molecule has 110 valence electrons. The molecule has 1 saturated carbocycles. The van der Waals surface area contributed by atoms with E-state index in [0.717, 1.165) is 6.42 Å². The molecule has 1 amide bonds. The smallest absolute Gasteiger partial charge is 0.271 e. The van der Waals surface area contributed by atoms with Crippen molar-refractivity contribution in [2.75, 3.05) is 5.43 Å². The van der Waals surface area contributed by atoms with E-state index in [9.17, 15) is 4.79 Å². The summed E-state index contributed by atoms with van der Waals surface area (Å²) in [6.45, 7) is 4.43. The third-order valence-corrected chi connectivity index (χ3v) is 4.01. The monoisotopic (exact) mass is 277 g/mol. The Balaban J connectivity index is 2.05. The van der Waals surface area contributed by atoms with E-state index in [1.54, 1.807) is 0 Å². The number of anilines is 1. The van der Waals surface area contributed by atoms with Crippen LogP contribution in [0.5, 0.6) is 0 Å². The largest absolute Gasteiger partial charge is 0.348 e. The first-order valence-electron chi connectivity index (χ1n) is 7.21. The zero-order valence-corrected chi connectivity index (χ0v) is 12.1. The predicted molar refractivity (Wildman–Crippen MR) is 77.9 cm³/mol. The summed E-state index contributed by atoms with van der Waals surface area (Å²) in [7, 11) is 0. The van der Waals surface area contributed by atoms with Crippen molar-refractivity contribution in [3.05, 3.63) is 18.1 Å². The Bertz CT molecular complexity index is 463. The van der Waals surface area contributed by atoms with Gasteiger partial charge in [0.25, 0.3) is 5.91 Å². The lowest BCUT2D eigenvalue weighted by Gasteiger charge is -2.34. The maximum atomic E-state index is 12.3. The quantitative estimate of drug-likeness (QED) is 0.575. The number of nitrogen functional groups attached to an aromatic ring is 1. The van der Waals surface area contributed by atoms with Crippen molar-refractivity contribution in [2.24, 2.45) is 17.7 Å². The lowest BCUT2D eigenvalue weighted by atomic mass is 9.78. The van der Waals surface area contributed by atoms with Gasteiger partial charge in [0, 0.05) is 6.04 Å². The van der Waals surface area contributed by atoms with Crippen molar-refractivity contribution in [1.29, 1.82) is 0 Å². The summed E-state index contributed by atoms with van der Waals surface area (Å²) < 4.78 is 0. The summed E-state index contributed by atoms with van der Waals surface area (Å²) in [6, 6.07) is 0.229. The average molecular weight is 277 g/mol. The van der Waals surface area contributed by atoms with Crippen molar-refractivity contribution in [3.8, 4) is 0 Å². The maximum Gasteiger partial charge on any atom is 0.271 e. The Morgan fingerprint density at radius 2 is 2.10 bits per heavy atom.